The Balaban J connectivity index is 1.40. The zero-order valence-electron chi connectivity index (χ0n) is 20.1. The average Bonchev–Trinajstić information content (AvgIpc) is 3.09. The highest BCUT2D eigenvalue weighted by Crippen LogP contribution is 2.59. The summed E-state index contributed by atoms with van der Waals surface area (Å²) in [6.07, 6.45) is 8.24. The number of nitrogens with one attached hydrogen (secondary N) is 1. The summed E-state index contributed by atoms with van der Waals surface area (Å²) in [7, 11) is 0. The highest BCUT2D eigenvalue weighted by Gasteiger charge is 2.56. The number of fused-ring (bicyclic) bond motifs is 2. The molecule has 6 rings (SSSR count). The van der Waals surface area contributed by atoms with Gasteiger partial charge in [-0.25, -0.2) is 0 Å². The molecule has 1 aromatic carbocycles. The number of H-pyrrole nitrogens is 1. The van der Waals surface area contributed by atoms with E-state index in [2.05, 4.69) is 29.8 Å². The quantitative estimate of drug-likeness (QED) is 0.540. The van der Waals surface area contributed by atoms with Crippen LogP contribution in [-0.4, -0.2) is 34.0 Å². The molecule has 2 aromatic rings. The number of carbonyl (C=O) groups excluding carboxylic acids is 1. The maximum atomic E-state index is 13.7. The Morgan fingerprint density at radius 3 is 2.79 bits per heavy atom. The molecule has 5 atom stereocenters. The van der Waals surface area contributed by atoms with Gasteiger partial charge < -0.3 is 14.6 Å². The summed E-state index contributed by atoms with van der Waals surface area (Å²) in [4.78, 5) is 19.2. The lowest BCUT2D eigenvalue weighted by Gasteiger charge is -2.54. The predicted molar refractivity (Wildman–Crippen MR) is 130 cm³/mol. The maximum absolute atomic E-state index is 13.7. The van der Waals surface area contributed by atoms with Crippen LogP contribution in [0.15, 0.2) is 18.3 Å². The molecule has 2 aliphatic heterocycles. The van der Waals surface area contributed by atoms with E-state index in [0.29, 0.717) is 17.2 Å². The van der Waals surface area contributed by atoms with Crippen molar-refractivity contribution in [1.29, 1.82) is 5.26 Å². The normalized spacial score (nSPS) is 31.6. The third-order valence-electron chi connectivity index (χ3n) is 8.27. The van der Waals surface area contributed by atoms with Gasteiger partial charge in [0, 0.05) is 35.6 Å². The van der Waals surface area contributed by atoms with Gasteiger partial charge in [0.1, 0.15) is 5.75 Å². The van der Waals surface area contributed by atoms with E-state index in [-0.39, 0.29) is 40.8 Å². The monoisotopic (exact) mass is 467 g/mol. The maximum Gasteiger partial charge on any atom is 0.223 e. The van der Waals surface area contributed by atoms with Crippen LogP contribution in [-0.2, 0) is 4.79 Å². The molecule has 1 aromatic heterocycles. The highest BCUT2D eigenvalue weighted by molar-refractivity contribution is 6.37. The number of rotatable bonds is 5. The van der Waals surface area contributed by atoms with Gasteiger partial charge in [-0.05, 0) is 81.4 Å². The van der Waals surface area contributed by atoms with Gasteiger partial charge >= 0.3 is 0 Å². The van der Waals surface area contributed by atoms with E-state index in [4.69, 9.17) is 16.3 Å². The number of nitriles is 1. The summed E-state index contributed by atoms with van der Waals surface area (Å²) in [5.74, 6) is 0.919. The van der Waals surface area contributed by atoms with Gasteiger partial charge in [-0.2, -0.15) is 5.26 Å². The number of piperidine rings is 1. The van der Waals surface area contributed by atoms with Crippen LogP contribution in [0.4, 0.5) is 0 Å². The lowest BCUT2D eigenvalue weighted by molar-refractivity contribution is -0.144. The Morgan fingerprint density at radius 1 is 1.30 bits per heavy atom. The zero-order chi connectivity index (χ0) is 23.5. The molecule has 4 fully saturated rings. The van der Waals surface area contributed by atoms with Crippen molar-refractivity contribution < 1.29 is 9.53 Å². The van der Waals surface area contributed by atoms with Gasteiger partial charge in [0.25, 0.3) is 0 Å². The third-order valence-corrected chi connectivity index (χ3v) is 8.64. The van der Waals surface area contributed by atoms with Crippen molar-refractivity contribution >= 4 is 28.4 Å². The van der Waals surface area contributed by atoms with Crippen molar-refractivity contribution in [2.45, 2.75) is 96.7 Å². The Hall–Kier alpha value is -2.19. The van der Waals surface area contributed by atoms with Gasteiger partial charge in [-0.3, -0.25) is 4.79 Å². The number of halogens is 1. The molecule has 33 heavy (non-hydrogen) atoms. The molecule has 2 saturated heterocycles. The first kappa shape index (κ1) is 22.6. The first-order valence-electron chi connectivity index (χ1n) is 12.3. The van der Waals surface area contributed by atoms with Gasteiger partial charge in [0.2, 0.25) is 5.91 Å². The highest BCUT2D eigenvalue weighted by atomic mass is 35.5. The molecule has 0 spiro atoms. The molecule has 4 aliphatic rings. The topological polar surface area (TPSA) is 69.1 Å². The van der Waals surface area contributed by atoms with Crippen molar-refractivity contribution in [2.75, 3.05) is 0 Å². The van der Waals surface area contributed by atoms with Crippen LogP contribution in [0.3, 0.4) is 0 Å². The van der Waals surface area contributed by atoms with Crippen LogP contribution in [0.2, 0.25) is 5.02 Å². The largest absolute Gasteiger partial charge is 0.489 e. The number of carbonyl (C=O) groups is 1. The molecule has 6 heteroatoms. The van der Waals surface area contributed by atoms with E-state index in [0.717, 1.165) is 55.0 Å². The van der Waals surface area contributed by atoms with E-state index in [1.165, 1.54) is 0 Å². The minimum absolute atomic E-state index is 0.0251. The Labute approximate surface area is 201 Å². The SMILES string of the molecule is CC(C)Oc1ccc2[nH]cc(C(C)CC(=O)N3C4CCC5(C#N)CC3CC(C)(C4)C5)c2c1Cl. The Bertz CT molecular complexity index is 1130. The van der Waals surface area contributed by atoms with Crippen LogP contribution >= 0.6 is 11.6 Å². The number of ether oxygens (including phenoxy) is 1. The first-order chi connectivity index (χ1) is 15.6. The number of benzene rings is 1. The minimum Gasteiger partial charge on any atom is -0.489 e. The summed E-state index contributed by atoms with van der Waals surface area (Å²) >= 11 is 6.76. The fraction of sp³-hybridized carbons (Fsp3) is 0.630. The van der Waals surface area contributed by atoms with Crippen molar-refractivity contribution in [3.05, 3.63) is 28.9 Å². The molecule has 1 N–H and O–H groups in total. The number of hydrogen-bond acceptors (Lipinski definition) is 3. The summed E-state index contributed by atoms with van der Waals surface area (Å²) in [5.41, 5.74) is 1.96. The molecule has 3 heterocycles. The fourth-order valence-electron chi connectivity index (χ4n) is 7.19. The number of aromatic nitrogens is 1. The molecule has 4 bridgehead atoms. The molecule has 2 saturated carbocycles. The summed E-state index contributed by atoms with van der Waals surface area (Å²) in [6, 6.07) is 7.02. The summed E-state index contributed by atoms with van der Waals surface area (Å²) in [5, 5.41) is 11.5. The van der Waals surface area contributed by atoms with Gasteiger partial charge in [0.15, 0.2) is 0 Å². The fourth-order valence-corrected chi connectivity index (χ4v) is 7.51. The number of amides is 1. The van der Waals surface area contributed by atoms with E-state index < -0.39 is 0 Å². The number of aromatic amines is 1. The second-order valence-corrected chi connectivity index (χ2v) is 11.8. The molecule has 176 valence electrons. The molecular weight excluding hydrogens is 434 g/mol. The lowest BCUT2D eigenvalue weighted by Crippen LogP contribution is -2.57. The van der Waals surface area contributed by atoms with Crippen molar-refractivity contribution in [1.82, 2.24) is 9.88 Å². The van der Waals surface area contributed by atoms with Crippen molar-refractivity contribution in [3.63, 3.8) is 0 Å². The second kappa shape index (κ2) is 7.94. The van der Waals surface area contributed by atoms with Crippen LogP contribution < -0.4 is 4.74 Å². The Kier molecular flexibility index (Phi) is 5.44. The lowest BCUT2D eigenvalue weighted by atomic mass is 9.59. The van der Waals surface area contributed by atoms with Crippen LogP contribution in [0, 0.1) is 22.2 Å². The van der Waals surface area contributed by atoms with Crippen LogP contribution in [0.1, 0.15) is 84.1 Å². The average molecular weight is 468 g/mol. The van der Waals surface area contributed by atoms with Crippen LogP contribution in [0.25, 0.3) is 10.9 Å². The van der Waals surface area contributed by atoms with Gasteiger partial charge in [0.05, 0.1) is 22.6 Å². The van der Waals surface area contributed by atoms with Gasteiger partial charge in [-0.15, -0.1) is 0 Å². The predicted octanol–water partition coefficient (Wildman–Crippen LogP) is 6.57. The second-order valence-electron chi connectivity index (χ2n) is 11.5. The third kappa shape index (κ3) is 3.81. The molecule has 5 nitrogen and oxygen atoms in total. The van der Waals surface area contributed by atoms with Gasteiger partial charge in [-0.1, -0.05) is 25.4 Å². The minimum atomic E-state index is -0.246. The van der Waals surface area contributed by atoms with E-state index >= 15 is 0 Å². The summed E-state index contributed by atoms with van der Waals surface area (Å²) < 4.78 is 5.89. The smallest absolute Gasteiger partial charge is 0.223 e. The molecule has 0 radical (unpaired) electrons. The van der Waals surface area contributed by atoms with E-state index in [1.807, 2.05) is 32.2 Å². The van der Waals surface area contributed by atoms with E-state index in [9.17, 15) is 10.1 Å². The molecule has 2 aliphatic carbocycles. The standard InChI is InChI=1S/C27H34ClN3O2/c1-16(2)33-22-6-5-21-24(25(22)28)20(13-30-21)17(3)9-23(32)31-18-7-8-27(15-29)12-19(31)11-26(4,10-18)14-27/h5-6,13,16-19,30H,7-12,14H2,1-4H3. The zero-order valence-corrected chi connectivity index (χ0v) is 20.8. The number of hydrogen-bond donors (Lipinski definition) is 1. The van der Waals surface area contributed by atoms with Crippen molar-refractivity contribution in [3.8, 4) is 11.8 Å². The first-order valence-corrected chi connectivity index (χ1v) is 12.7. The van der Waals surface area contributed by atoms with Crippen LogP contribution in [0.5, 0.6) is 5.75 Å². The van der Waals surface area contributed by atoms with E-state index in [1.54, 1.807) is 0 Å². The number of nitrogens with zero attached hydrogens (tertiary/aromatic N) is 2. The summed E-state index contributed by atoms with van der Waals surface area (Å²) in [6.45, 7) is 8.41. The Morgan fingerprint density at radius 2 is 2.06 bits per heavy atom. The van der Waals surface area contributed by atoms with Crippen molar-refractivity contribution in [2.24, 2.45) is 10.8 Å². The molecule has 5 unspecified atom stereocenters. The molecular formula is C27H34ClN3O2. The molecule has 1 amide bonds.